The summed E-state index contributed by atoms with van der Waals surface area (Å²) >= 11 is 0. The minimum absolute atomic E-state index is 0. The topological polar surface area (TPSA) is 60.0 Å². The summed E-state index contributed by atoms with van der Waals surface area (Å²) < 4.78 is 0. The van der Waals surface area contributed by atoms with Gasteiger partial charge in [0.2, 0.25) is 5.91 Å². The molecule has 0 aromatic rings. The van der Waals surface area contributed by atoms with Gasteiger partial charge in [0, 0.05) is 58.3 Å². The van der Waals surface area contributed by atoms with Gasteiger partial charge in [0.15, 0.2) is 5.96 Å². The fourth-order valence-corrected chi connectivity index (χ4v) is 4.75. The molecule has 0 atom stereocenters. The second-order valence-corrected chi connectivity index (χ2v) is 8.75. The van der Waals surface area contributed by atoms with Crippen molar-refractivity contribution >= 4 is 35.8 Å². The number of hydrogen-bond acceptors (Lipinski definition) is 3. The highest BCUT2D eigenvalue weighted by atomic mass is 127. The summed E-state index contributed by atoms with van der Waals surface area (Å²) in [4.78, 5) is 21.5. The summed E-state index contributed by atoms with van der Waals surface area (Å²) in [7, 11) is 1.86. The second-order valence-electron chi connectivity index (χ2n) is 8.75. The molecule has 3 fully saturated rings. The molecule has 3 aliphatic rings. The van der Waals surface area contributed by atoms with Crippen molar-refractivity contribution < 1.29 is 4.79 Å². The van der Waals surface area contributed by atoms with Gasteiger partial charge in [-0.15, -0.1) is 24.0 Å². The van der Waals surface area contributed by atoms with E-state index in [0.717, 1.165) is 64.0 Å². The van der Waals surface area contributed by atoms with Gasteiger partial charge >= 0.3 is 0 Å². The van der Waals surface area contributed by atoms with Crippen LogP contribution >= 0.6 is 24.0 Å². The molecule has 0 aromatic carbocycles. The molecule has 1 amide bonds. The summed E-state index contributed by atoms with van der Waals surface area (Å²) in [6.45, 7) is 8.03. The summed E-state index contributed by atoms with van der Waals surface area (Å²) in [5, 5.41) is 7.06. The zero-order chi connectivity index (χ0) is 19.1. The molecule has 6 nitrogen and oxygen atoms in total. The second kappa shape index (κ2) is 12.2. The van der Waals surface area contributed by atoms with Crippen LogP contribution in [0, 0.1) is 11.8 Å². The first-order chi connectivity index (χ1) is 13.2. The van der Waals surface area contributed by atoms with E-state index in [1.807, 2.05) is 7.05 Å². The Kier molecular flexibility index (Phi) is 10.3. The van der Waals surface area contributed by atoms with Crippen molar-refractivity contribution in [1.29, 1.82) is 0 Å². The first kappa shape index (κ1) is 23.7. The molecule has 2 saturated carbocycles. The maximum atomic E-state index is 12.5. The monoisotopic (exact) mass is 505 g/mol. The average molecular weight is 505 g/mol. The molecule has 2 aliphatic carbocycles. The van der Waals surface area contributed by atoms with Crippen molar-refractivity contribution in [2.75, 3.05) is 46.3 Å². The highest BCUT2D eigenvalue weighted by Crippen LogP contribution is 2.27. The lowest BCUT2D eigenvalue weighted by Gasteiger charge is -2.36. The minimum Gasteiger partial charge on any atom is -0.355 e. The Morgan fingerprint density at radius 3 is 2.25 bits per heavy atom. The maximum absolute atomic E-state index is 12.5. The molecule has 0 unspecified atom stereocenters. The Morgan fingerprint density at radius 2 is 1.64 bits per heavy atom. The molecular formula is C21H40IN5O. The number of halogens is 1. The van der Waals surface area contributed by atoms with Gasteiger partial charge in [-0.25, -0.2) is 0 Å². The van der Waals surface area contributed by atoms with Crippen LogP contribution in [0.5, 0.6) is 0 Å². The number of piperazine rings is 1. The van der Waals surface area contributed by atoms with Gasteiger partial charge in [0.1, 0.15) is 0 Å². The van der Waals surface area contributed by atoms with Crippen molar-refractivity contribution in [2.24, 2.45) is 16.8 Å². The van der Waals surface area contributed by atoms with Crippen LogP contribution in [0.1, 0.15) is 58.3 Å². The predicted octanol–water partition coefficient (Wildman–Crippen LogP) is 2.68. The molecule has 0 aromatic heterocycles. The lowest BCUT2D eigenvalue weighted by molar-refractivity contribution is -0.137. The van der Waals surface area contributed by atoms with E-state index in [0.29, 0.717) is 17.9 Å². The number of rotatable bonds is 5. The van der Waals surface area contributed by atoms with E-state index in [1.54, 1.807) is 0 Å². The molecule has 0 bridgehead atoms. The molecule has 7 heteroatoms. The van der Waals surface area contributed by atoms with E-state index in [-0.39, 0.29) is 24.0 Å². The zero-order valence-electron chi connectivity index (χ0n) is 17.8. The van der Waals surface area contributed by atoms with Crippen molar-refractivity contribution in [3.8, 4) is 0 Å². The van der Waals surface area contributed by atoms with Crippen LogP contribution in [0.4, 0.5) is 0 Å². The van der Waals surface area contributed by atoms with Gasteiger partial charge in [-0.1, -0.05) is 19.8 Å². The number of aliphatic imine (C=N–C) groups is 1. The summed E-state index contributed by atoms with van der Waals surface area (Å²) in [5.74, 6) is 2.54. The standard InChI is InChI=1S/C21H39N5O.HI/c1-17-7-9-19(10-8-17)24-21(22-2)23-11-12-25-13-15-26(16-14-25)20(27)18-5-3-4-6-18;/h17-19H,3-16H2,1-2H3,(H2,22,23,24);1H. The molecular weight excluding hydrogens is 465 g/mol. The summed E-state index contributed by atoms with van der Waals surface area (Å²) in [5.41, 5.74) is 0. The summed E-state index contributed by atoms with van der Waals surface area (Å²) in [6.07, 6.45) is 9.81. The number of nitrogens with one attached hydrogen (secondary N) is 2. The van der Waals surface area contributed by atoms with Crippen LogP contribution in [0.15, 0.2) is 4.99 Å². The van der Waals surface area contributed by atoms with Gasteiger partial charge < -0.3 is 15.5 Å². The van der Waals surface area contributed by atoms with E-state index >= 15 is 0 Å². The fourth-order valence-electron chi connectivity index (χ4n) is 4.75. The van der Waals surface area contributed by atoms with Crippen molar-refractivity contribution in [3.05, 3.63) is 0 Å². The quantitative estimate of drug-likeness (QED) is 0.343. The SMILES string of the molecule is CN=C(NCCN1CCN(C(=O)C2CCCC2)CC1)NC1CCC(C)CC1.I. The highest BCUT2D eigenvalue weighted by molar-refractivity contribution is 14.0. The Labute approximate surface area is 188 Å². The lowest BCUT2D eigenvalue weighted by Crippen LogP contribution is -2.52. The van der Waals surface area contributed by atoms with Crippen LogP contribution < -0.4 is 10.6 Å². The van der Waals surface area contributed by atoms with E-state index in [2.05, 4.69) is 32.3 Å². The van der Waals surface area contributed by atoms with E-state index in [4.69, 9.17) is 0 Å². The Bertz CT molecular complexity index is 493. The van der Waals surface area contributed by atoms with Crippen LogP contribution in [0.25, 0.3) is 0 Å². The molecule has 1 aliphatic heterocycles. The third-order valence-corrected chi connectivity index (χ3v) is 6.69. The van der Waals surface area contributed by atoms with Gasteiger partial charge in [-0.2, -0.15) is 0 Å². The molecule has 28 heavy (non-hydrogen) atoms. The van der Waals surface area contributed by atoms with Gasteiger partial charge in [0.25, 0.3) is 0 Å². The van der Waals surface area contributed by atoms with Gasteiger partial charge in [-0.3, -0.25) is 14.7 Å². The molecule has 0 spiro atoms. The lowest BCUT2D eigenvalue weighted by atomic mass is 9.87. The molecule has 3 rings (SSSR count). The normalized spacial score (nSPS) is 27.4. The Balaban J connectivity index is 0.00000280. The Hall–Kier alpha value is -0.570. The van der Waals surface area contributed by atoms with Gasteiger partial charge in [0.05, 0.1) is 0 Å². The third-order valence-electron chi connectivity index (χ3n) is 6.69. The number of guanidine groups is 1. The van der Waals surface area contributed by atoms with Crippen LogP contribution in [-0.4, -0.2) is 74.0 Å². The fraction of sp³-hybridized carbons (Fsp3) is 0.905. The van der Waals surface area contributed by atoms with Gasteiger partial charge in [-0.05, 0) is 44.4 Å². The molecule has 1 heterocycles. The average Bonchev–Trinajstić information content (AvgIpc) is 3.23. The number of amides is 1. The van der Waals surface area contributed by atoms with Crippen LogP contribution in [0.2, 0.25) is 0 Å². The minimum atomic E-state index is 0. The van der Waals surface area contributed by atoms with Crippen LogP contribution in [0.3, 0.4) is 0 Å². The number of hydrogen-bond donors (Lipinski definition) is 2. The first-order valence-corrected chi connectivity index (χ1v) is 11.1. The molecule has 0 radical (unpaired) electrons. The predicted molar refractivity (Wildman–Crippen MR) is 126 cm³/mol. The van der Waals surface area contributed by atoms with Crippen molar-refractivity contribution in [1.82, 2.24) is 20.4 Å². The molecule has 2 N–H and O–H groups in total. The van der Waals surface area contributed by atoms with E-state index in [9.17, 15) is 4.79 Å². The number of carbonyl (C=O) groups is 1. The van der Waals surface area contributed by atoms with Crippen LogP contribution in [-0.2, 0) is 4.79 Å². The number of carbonyl (C=O) groups excluding carboxylic acids is 1. The zero-order valence-corrected chi connectivity index (χ0v) is 20.1. The van der Waals surface area contributed by atoms with E-state index in [1.165, 1.54) is 38.5 Å². The number of nitrogens with zero attached hydrogens (tertiary/aromatic N) is 3. The largest absolute Gasteiger partial charge is 0.355 e. The third kappa shape index (κ3) is 7.04. The maximum Gasteiger partial charge on any atom is 0.225 e. The Morgan fingerprint density at radius 1 is 1.00 bits per heavy atom. The summed E-state index contributed by atoms with van der Waals surface area (Å²) in [6, 6.07) is 0.567. The first-order valence-electron chi connectivity index (χ1n) is 11.1. The van der Waals surface area contributed by atoms with E-state index < -0.39 is 0 Å². The van der Waals surface area contributed by atoms with Crippen molar-refractivity contribution in [3.63, 3.8) is 0 Å². The molecule has 162 valence electrons. The molecule has 1 saturated heterocycles. The van der Waals surface area contributed by atoms with Crippen molar-refractivity contribution in [2.45, 2.75) is 64.3 Å². The smallest absolute Gasteiger partial charge is 0.225 e. The highest BCUT2D eigenvalue weighted by Gasteiger charge is 2.29.